The molecule has 0 amide bonds. The summed E-state index contributed by atoms with van der Waals surface area (Å²) >= 11 is 15.0. The van der Waals surface area contributed by atoms with E-state index < -0.39 is 33.1 Å². The average Bonchev–Trinajstić information content (AvgIpc) is 2.08. The third-order valence-electron chi connectivity index (χ3n) is 1.38. The molecule has 0 radical (unpaired) electrons. The number of aliphatic carboxylic acids is 1. The first-order valence-electron chi connectivity index (χ1n) is 3.61. The van der Waals surface area contributed by atoms with E-state index in [0.717, 1.165) is 0 Å². The number of methoxy groups -OCH3 is 1. The minimum atomic E-state index is -5.24. The van der Waals surface area contributed by atoms with E-state index in [9.17, 15) is 27.9 Å². The monoisotopic (exact) mass is 313 g/mol. The van der Waals surface area contributed by atoms with Crippen LogP contribution in [0.15, 0.2) is 11.3 Å². The van der Waals surface area contributed by atoms with Gasteiger partial charge in [0, 0.05) is 0 Å². The molecule has 0 spiro atoms. The maximum absolute atomic E-state index is 12.3. The number of carboxylic acid groups (broad SMARTS) is 1. The molecular weight excluding hydrogens is 311 g/mol. The van der Waals surface area contributed by atoms with Crippen molar-refractivity contribution in [2.24, 2.45) is 0 Å². The van der Waals surface area contributed by atoms with E-state index in [0.29, 0.717) is 7.11 Å². The predicted octanol–water partition coefficient (Wildman–Crippen LogP) is 1.14. The van der Waals surface area contributed by atoms with Crippen LogP contribution in [0.1, 0.15) is 0 Å². The number of ketones is 1. The van der Waals surface area contributed by atoms with Gasteiger partial charge in [-0.15, -0.1) is 0 Å². The molecule has 0 fully saturated rings. The van der Waals surface area contributed by atoms with E-state index in [4.69, 9.17) is 34.8 Å². The lowest BCUT2D eigenvalue weighted by Gasteiger charge is -2.19. The number of allylic oxidation sites excluding steroid dienone is 1. The quantitative estimate of drug-likeness (QED) is 0.258. The first kappa shape index (κ1) is 16.3. The van der Waals surface area contributed by atoms with Crippen molar-refractivity contribution in [2.45, 2.75) is 9.97 Å². The second kappa shape index (κ2) is 5.32. The van der Waals surface area contributed by atoms with Gasteiger partial charge in [-0.1, -0.05) is 34.8 Å². The highest BCUT2D eigenvalue weighted by Crippen LogP contribution is 2.35. The Labute approximate surface area is 108 Å². The Morgan fingerprint density at radius 2 is 1.59 bits per heavy atom. The zero-order valence-corrected chi connectivity index (χ0v) is 10.2. The van der Waals surface area contributed by atoms with Gasteiger partial charge in [0.15, 0.2) is 0 Å². The summed E-state index contributed by atoms with van der Waals surface area (Å²) in [7, 11) is 0.511. The van der Waals surface area contributed by atoms with Crippen LogP contribution in [0.25, 0.3) is 0 Å². The maximum Gasteiger partial charge on any atom is 0.449 e. The van der Waals surface area contributed by atoms with Crippen LogP contribution in [0.3, 0.4) is 0 Å². The Balaban J connectivity index is 5.91. The minimum Gasteiger partial charge on any atom is -0.545 e. The Morgan fingerprint density at radius 3 is 1.76 bits per heavy atom. The van der Waals surface area contributed by atoms with E-state index in [-0.39, 0.29) is 0 Å². The topological polar surface area (TPSA) is 66.4 Å². The lowest BCUT2D eigenvalue weighted by atomic mass is 10.1. The second-order valence-corrected chi connectivity index (χ2v) is 4.80. The molecule has 17 heavy (non-hydrogen) atoms. The molecule has 0 saturated heterocycles. The normalized spacial score (nSPS) is 14.1. The zero-order chi connectivity index (χ0) is 14.0. The maximum atomic E-state index is 12.3. The van der Waals surface area contributed by atoms with Gasteiger partial charge >= 0.3 is 6.18 Å². The van der Waals surface area contributed by atoms with Gasteiger partial charge in [-0.3, -0.25) is 4.79 Å². The fourth-order valence-corrected chi connectivity index (χ4v) is 1.07. The number of carboxylic acids is 1. The molecule has 0 aliphatic rings. The van der Waals surface area contributed by atoms with Crippen LogP contribution in [0, 0.1) is 0 Å². The number of carbonyl (C=O) groups excluding carboxylic acids is 2. The Hall–Kier alpha value is -0.660. The second-order valence-electron chi connectivity index (χ2n) is 2.52. The first-order valence-corrected chi connectivity index (χ1v) is 4.74. The van der Waals surface area contributed by atoms with Crippen molar-refractivity contribution in [3.63, 3.8) is 0 Å². The Morgan fingerprint density at radius 1 is 1.18 bits per heavy atom. The van der Waals surface area contributed by atoms with E-state index >= 15 is 0 Å². The van der Waals surface area contributed by atoms with Crippen LogP contribution in [0.4, 0.5) is 13.2 Å². The zero-order valence-electron chi connectivity index (χ0n) is 7.90. The molecule has 0 heterocycles. The lowest BCUT2D eigenvalue weighted by Crippen LogP contribution is -2.37. The number of ether oxygens (including phenoxy) is 1. The van der Waals surface area contributed by atoms with Crippen molar-refractivity contribution in [1.29, 1.82) is 0 Å². The molecule has 0 rings (SSSR count). The fourth-order valence-electron chi connectivity index (χ4n) is 0.790. The van der Waals surface area contributed by atoms with Crippen molar-refractivity contribution in [3.8, 4) is 0 Å². The summed E-state index contributed by atoms with van der Waals surface area (Å²) in [6.45, 7) is 0. The van der Waals surface area contributed by atoms with E-state index in [2.05, 4.69) is 4.74 Å². The number of hydrogen-bond acceptors (Lipinski definition) is 4. The van der Waals surface area contributed by atoms with E-state index in [1.807, 2.05) is 0 Å². The van der Waals surface area contributed by atoms with Crippen LogP contribution < -0.4 is 5.11 Å². The summed E-state index contributed by atoms with van der Waals surface area (Å²) < 4.78 is 37.9. The SMILES string of the molecule is CO/C(=C(\C(=O)[O-])C(=O)C(Cl)(Cl)Cl)C(F)(F)F. The van der Waals surface area contributed by atoms with Crippen LogP contribution in [0.2, 0.25) is 0 Å². The highest BCUT2D eigenvalue weighted by molar-refractivity contribution is 6.78. The first-order chi connectivity index (χ1) is 7.42. The van der Waals surface area contributed by atoms with Crippen LogP contribution >= 0.6 is 34.8 Å². The molecule has 0 N–H and O–H groups in total. The van der Waals surface area contributed by atoms with Crippen molar-refractivity contribution in [2.75, 3.05) is 7.11 Å². The van der Waals surface area contributed by atoms with Crippen molar-refractivity contribution >= 4 is 46.6 Å². The number of Topliss-reactive ketones (excluding diaryl/α,β-unsaturated/α-hetero) is 1. The number of hydrogen-bond donors (Lipinski definition) is 0. The molecule has 0 aromatic rings. The number of alkyl halides is 6. The summed E-state index contributed by atoms with van der Waals surface area (Å²) in [4.78, 5) is 21.7. The molecule has 0 unspecified atom stereocenters. The van der Waals surface area contributed by atoms with Gasteiger partial charge in [0.05, 0.1) is 18.7 Å². The lowest BCUT2D eigenvalue weighted by molar-refractivity contribution is -0.299. The van der Waals surface area contributed by atoms with Crippen LogP contribution in [0.5, 0.6) is 0 Å². The van der Waals surface area contributed by atoms with Gasteiger partial charge < -0.3 is 14.6 Å². The molecule has 0 aromatic carbocycles. The fraction of sp³-hybridized carbons (Fsp3) is 0.429. The van der Waals surface area contributed by atoms with Crippen LogP contribution in [-0.4, -0.2) is 28.8 Å². The summed E-state index contributed by atoms with van der Waals surface area (Å²) in [6, 6.07) is 0. The highest BCUT2D eigenvalue weighted by atomic mass is 35.6. The van der Waals surface area contributed by atoms with Crippen molar-refractivity contribution in [1.82, 2.24) is 0 Å². The molecule has 98 valence electrons. The van der Waals surface area contributed by atoms with Gasteiger partial charge in [-0.25, -0.2) is 0 Å². The molecule has 0 bridgehead atoms. The average molecular weight is 314 g/mol. The summed E-state index contributed by atoms with van der Waals surface area (Å²) in [5.74, 6) is -6.47. The molecule has 0 aliphatic heterocycles. The Bertz CT molecular complexity index is 370. The molecule has 10 heteroatoms. The molecule has 0 aliphatic carbocycles. The van der Waals surface area contributed by atoms with Gasteiger partial charge in [0.1, 0.15) is 0 Å². The molecule has 4 nitrogen and oxygen atoms in total. The van der Waals surface area contributed by atoms with Gasteiger partial charge in [0.2, 0.25) is 11.5 Å². The standard InChI is InChI=1S/C7H4Cl3F3O4/c1-17-4(7(11,12)13)2(5(15)16)3(14)6(8,9)10/h1H3,(H,15,16)/p-1/b4-2-. The number of carbonyl (C=O) groups is 2. The minimum absolute atomic E-state index is 0.511. The largest absolute Gasteiger partial charge is 0.545 e. The van der Waals surface area contributed by atoms with Crippen LogP contribution in [-0.2, 0) is 14.3 Å². The third kappa shape index (κ3) is 4.25. The summed E-state index contributed by atoms with van der Waals surface area (Å²) in [5.41, 5.74) is -1.89. The highest BCUT2D eigenvalue weighted by Gasteiger charge is 2.44. The number of rotatable bonds is 3. The molecule has 0 saturated carbocycles. The van der Waals surface area contributed by atoms with Gasteiger partial charge in [-0.05, 0) is 0 Å². The molecule has 0 aromatic heterocycles. The van der Waals surface area contributed by atoms with E-state index in [1.165, 1.54) is 0 Å². The summed E-state index contributed by atoms with van der Waals surface area (Å²) in [5, 5.41) is 10.5. The Kier molecular flexibility index (Phi) is 5.12. The summed E-state index contributed by atoms with van der Waals surface area (Å²) in [6.07, 6.45) is -5.24. The third-order valence-corrected chi connectivity index (χ3v) is 1.89. The van der Waals surface area contributed by atoms with Crippen molar-refractivity contribution < 1.29 is 32.6 Å². The molecular formula is C7H3Cl3F3O4-. The smallest absolute Gasteiger partial charge is 0.449 e. The van der Waals surface area contributed by atoms with Gasteiger partial charge in [0.25, 0.3) is 3.79 Å². The number of halogens is 6. The predicted molar refractivity (Wildman–Crippen MR) is 50.4 cm³/mol. The van der Waals surface area contributed by atoms with Crippen molar-refractivity contribution in [3.05, 3.63) is 11.3 Å². The van der Waals surface area contributed by atoms with Gasteiger partial charge in [-0.2, -0.15) is 13.2 Å². The van der Waals surface area contributed by atoms with E-state index in [1.54, 1.807) is 0 Å². The molecule has 0 atom stereocenters.